The number of aromatic nitrogens is 2. The molecule has 0 amide bonds. The van der Waals surface area contributed by atoms with Crippen LogP contribution >= 0.6 is 0 Å². The molecule has 1 fully saturated rings. The highest BCUT2D eigenvalue weighted by atomic mass is 19.1. The van der Waals surface area contributed by atoms with Crippen LogP contribution in [-0.4, -0.2) is 22.7 Å². The van der Waals surface area contributed by atoms with E-state index in [0.29, 0.717) is 23.4 Å². The maximum Gasteiger partial charge on any atom is 0.207 e. The lowest BCUT2D eigenvalue weighted by Crippen LogP contribution is -2.24. The maximum absolute atomic E-state index is 14.1. The average Bonchev–Trinajstić information content (AvgIpc) is 2.97. The van der Waals surface area contributed by atoms with Gasteiger partial charge in [0.15, 0.2) is 0 Å². The Labute approximate surface area is 124 Å². The number of nitrogens with one attached hydrogen (secondary N) is 1. The van der Waals surface area contributed by atoms with Crippen molar-refractivity contribution in [2.45, 2.75) is 38.1 Å². The third-order valence-corrected chi connectivity index (χ3v) is 3.99. The van der Waals surface area contributed by atoms with Crippen molar-refractivity contribution in [1.29, 1.82) is 0 Å². The van der Waals surface area contributed by atoms with Crippen molar-refractivity contribution in [1.82, 2.24) is 9.55 Å². The molecular weight excluding hydrogens is 269 g/mol. The summed E-state index contributed by atoms with van der Waals surface area (Å²) < 4.78 is 21.0. The summed E-state index contributed by atoms with van der Waals surface area (Å²) in [6.45, 7) is 0. The number of imidazole rings is 1. The number of ether oxygens (including phenoxy) is 1. The van der Waals surface area contributed by atoms with E-state index in [9.17, 15) is 4.39 Å². The number of hydrogen-bond acceptors (Lipinski definition) is 3. The number of benzene rings is 1. The van der Waals surface area contributed by atoms with E-state index in [0.717, 1.165) is 12.8 Å². The Morgan fingerprint density at radius 2 is 2.10 bits per heavy atom. The molecule has 0 saturated heterocycles. The summed E-state index contributed by atoms with van der Waals surface area (Å²) >= 11 is 0. The standard InChI is InChI=1S/C16H20FN3O/c1-21-13-7-8-14(17)15(11-13)20-10-9-18-16(20)19-12-5-3-2-4-6-12/h7-12H,2-6H2,1H3,(H,18,19). The number of nitrogens with zero attached hydrogens (tertiary/aromatic N) is 2. The third kappa shape index (κ3) is 3.01. The fourth-order valence-electron chi connectivity index (χ4n) is 2.84. The minimum Gasteiger partial charge on any atom is -0.497 e. The second-order valence-electron chi connectivity index (χ2n) is 5.42. The molecule has 0 spiro atoms. The van der Waals surface area contributed by atoms with Crippen molar-refractivity contribution in [3.63, 3.8) is 0 Å². The van der Waals surface area contributed by atoms with E-state index in [1.165, 1.54) is 25.3 Å². The highest BCUT2D eigenvalue weighted by Crippen LogP contribution is 2.25. The van der Waals surface area contributed by atoms with Gasteiger partial charge in [0, 0.05) is 24.5 Å². The van der Waals surface area contributed by atoms with Crippen LogP contribution in [0.4, 0.5) is 10.3 Å². The highest BCUT2D eigenvalue weighted by molar-refractivity contribution is 5.46. The van der Waals surface area contributed by atoms with Crippen LogP contribution in [0.5, 0.6) is 5.75 Å². The SMILES string of the molecule is COc1ccc(F)c(-n2ccnc2NC2CCCCC2)c1. The Morgan fingerprint density at radius 3 is 2.86 bits per heavy atom. The Kier molecular flexibility index (Phi) is 4.08. The smallest absolute Gasteiger partial charge is 0.207 e. The number of hydrogen-bond donors (Lipinski definition) is 1. The molecule has 0 radical (unpaired) electrons. The third-order valence-electron chi connectivity index (χ3n) is 3.99. The van der Waals surface area contributed by atoms with Crippen molar-refractivity contribution in [3.05, 3.63) is 36.4 Å². The van der Waals surface area contributed by atoms with Crippen LogP contribution in [0.25, 0.3) is 5.69 Å². The predicted molar refractivity (Wildman–Crippen MR) is 80.6 cm³/mol. The predicted octanol–water partition coefficient (Wildman–Crippen LogP) is 3.76. The van der Waals surface area contributed by atoms with Gasteiger partial charge in [0.25, 0.3) is 0 Å². The molecule has 1 N–H and O–H groups in total. The quantitative estimate of drug-likeness (QED) is 0.931. The lowest BCUT2D eigenvalue weighted by Gasteiger charge is -2.23. The molecule has 1 heterocycles. The molecule has 0 bridgehead atoms. The van der Waals surface area contributed by atoms with Gasteiger partial charge < -0.3 is 10.1 Å². The molecular formula is C16H20FN3O. The van der Waals surface area contributed by atoms with E-state index in [1.807, 2.05) is 0 Å². The summed E-state index contributed by atoms with van der Waals surface area (Å²) in [6, 6.07) is 5.14. The van der Waals surface area contributed by atoms with E-state index in [1.54, 1.807) is 36.2 Å². The van der Waals surface area contributed by atoms with Gasteiger partial charge in [0.1, 0.15) is 11.6 Å². The van der Waals surface area contributed by atoms with Gasteiger partial charge in [-0.05, 0) is 25.0 Å². The van der Waals surface area contributed by atoms with E-state index >= 15 is 0 Å². The summed E-state index contributed by atoms with van der Waals surface area (Å²) in [5.74, 6) is 1.03. The molecule has 0 aliphatic heterocycles. The molecule has 3 rings (SSSR count). The van der Waals surface area contributed by atoms with Crippen LogP contribution in [0.1, 0.15) is 32.1 Å². The van der Waals surface area contributed by atoms with Crippen LogP contribution in [0.3, 0.4) is 0 Å². The average molecular weight is 289 g/mol. The van der Waals surface area contributed by atoms with Gasteiger partial charge in [0.2, 0.25) is 5.95 Å². The molecule has 4 nitrogen and oxygen atoms in total. The van der Waals surface area contributed by atoms with Crippen LogP contribution < -0.4 is 10.1 Å². The summed E-state index contributed by atoms with van der Waals surface area (Å²) in [5.41, 5.74) is 0.449. The molecule has 5 heteroatoms. The molecule has 21 heavy (non-hydrogen) atoms. The van der Waals surface area contributed by atoms with Gasteiger partial charge in [-0.2, -0.15) is 0 Å². The minimum atomic E-state index is -0.291. The molecule has 0 unspecified atom stereocenters. The molecule has 1 aliphatic rings. The maximum atomic E-state index is 14.1. The molecule has 1 saturated carbocycles. The molecule has 112 valence electrons. The second-order valence-corrected chi connectivity index (χ2v) is 5.42. The zero-order chi connectivity index (χ0) is 14.7. The Hall–Kier alpha value is -2.04. The fourth-order valence-corrected chi connectivity index (χ4v) is 2.84. The van der Waals surface area contributed by atoms with E-state index < -0.39 is 0 Å². The van der Waals surface area contributed by atoms with Crippen molar-refractivity contribution in [2.24, 2.45) is 0 Å². The first-order chi connectivity index (χ1) is 10.3. The largest absolute Gasteiger partial charge is 0.497 e. The first-order valence-electron chi connectivity index (χ1n) is 7.42. The second kappa shape index (κ2) is 6.16. The monoisotopic (exact) mass is 289 g/mol. The number of methoxy groups -OCH3 is 1. The minimum absolute atomic E-state index is 0.291. The van der Waals surface area contributed by atoms with Crippen LogP contribution in [0.2, 0.25) is 0 Å². The summed E-state index contributed by atoms with van der Waals surface area (Å²) in [7, 11) is 1.58. The fraction of sp³-hybridized carbons (Fsp3) is 0.438. The normalized spacial score (nSPS) is 15.9. The number of rotatable bonds is 4. The van der Waals surface area contributed by atoms with Crippen molar-refractivity contribution >= 4 is 5.95 Å². The Morgan fingerprint density at radius 1 is 1.29 bits per heavy atom. The number of anilines is 1. The van der Waals surface area contributed by atoms with Crippen molar-refractivity contribution < 1.29 is 9.13 Å². The summed E-state index contributed by atoms with van der Waals surface area (Å²) in [4.78, 5) is 4.33. The van der Waals surface area contributed by atoms with E-state index in [2.05, 4.69) is 10.3 Å². The Bertz CT molecular complexity index is 605. The van der Waals surface area contributed by atoms with Crippen LogP contribution in [0.15, 0.2) is 30.6 Å². The Balaban J connectivity index is 1.87. The summed E-state index contributed by atoms with van der Waals surface area (Å²) in [6.07, 6.45) is 9.53. The highest BCUT2D eigenvalue weighted by Gasteiger charge is 2.17. The first-order valence-corrected chi connectivity index (χ1v) is 7.42. The van der Waals surface area contributed by atoms with Gasteiger partial charge in [-0.25, -0.2) is 9.37 Å². The topological polar surface area (TPSA) is 39.1 Å². The van der Waals surface area contributed by atoms with E-state index in [4.69, 9.17) is 4.74 Å². The van der Waals surface area contributed by atoms with Crippen molar-refractivity contribution in [2.75, 3.05) is 12.4 Å². The molecule has 2 aromatic rings. The van der Waals surface area contributed by atoms with Crippen LogP contribution in [-0.2, 0) is 0 Å². The van der Waals surface area contributed by atoms with Gasteiger partial charge in [-0.1, -0.05) is 19.3 Å². The first kappa shape index (κ1) is 13.9. The van der Waals surface area contributed by atoms with Gasteiger partial charge in [-0.15, -0.1) is 0 Å². The zero-order valence-electron chi connectivity index (χ0n) is 12.2. The van der Waals surface area contributed by atoms with Gasteiger partial charge in [0.05, 0.1) is 12.8 Å². The lowest BCUT2D eigenvalue weighted by molar-refractivity contribution is 0.413. The summed E-state index contributed by atoms with van der Waals surface area (Å²) in [5, 5.41) is 3.44. The lowest BCUT2D eigenvalue weighted by atomic mass is 9.96. The van der Waals surface area contributed by atoms with E-state index in [-0.39, 0.29) is 5.82 Å². The number of halogens is 1. The van der Waals surface area contributed by atoms with Gasteiger partial charge >= 0.3 is 0 Å². The molecule has 1 aliphatic carbocycles. The van der Waals surface area contributed by atoms with Gasteiger partial charge in [-0.3, -0.25) is 4.57 Å². The molecule has 1 aromatic heterocycles. The van der Waals surface area contributed by atoms with Crippen LogP contribution in [0, 0.1) is 5.82 Å². The molecule has 1 aromatic carbocycles. The molecule has 0 atom stereocenters. The van der Waals surface area contributed by atoms with Crippen molar-refractivity contribution in [3.8, 4) is 11.4 Å². The zero-order valence-corrected chi connectivity index (χ0v) is 12.2.